The highest BCUT2D eigenvalue weighted by Crippen LogP contribution is 2.12. The van der Waals surface area contributed by atoms with Crippen LogP contribution in [0.5, 0.6) is 0 Å². The highest BCUT2D eigenvalue weighted by molar-refractivity contribution is 6.30. The third-order valence-corrected chi connectivity index (χ3v) is 3.77. The van der Waals surface area contributed by atoms with E-state index in [1.807, 2.05) is 24.3 Å². The predicted octanol–water partition coefficient (Wildman–Crippen LogP) is 3.71. The lowest BCUT2D eigenvalue weighted by Gasteiger charge is -2.24. The number of rotatable bonds is 9. The Morgan fingerprint density at radius 1 is 1.17 bits per heavy atom. The van der Waals surface area contributed by atoms with Crippen LogP contribution in [-0.4, -0.2) is 37.0 Å². The van der Waals surface area contributed by atoms with Crippen molar-refractivity contribution in [1.82, 2.24) is 4.90 Å². The first-order valence-corrected chi connectivity index (χ1v) is 8.39. The van der Waals surface area contributed by atoms with E-state index in [9.17, 15) is 9.59 Å². The van der Waals surface area contributed by atoms with Crippen molar-refractivity contribution in [1.29, 1.82) is 0 Å². The number of carbonyl (C=O) groups is 2. The quantitative estimate of drug-likeness (QED) is 0.644. The zero-order chi connectivity index (χ0) is 17.2. The Morgan fingerprint density at radius 3 is 2.39 bits per heavy atom. The number of esters is 1. The Kier molecular flexibility index (Phi) is 8.70. The molecule has 0 N–H and O–H groups in total. The van der Waals surface area contributed by atoms with Gasteiger partial charge in [-0.2, -0.15) is 0 Å². The molecule has 0 heterocycles. The van der Waals surface area contributed by atoms with Gasteiger partial charge in [0.2, 0.25) is 5.91 Å². The van der Waals surface area contributed by atoms with Gasteiger partial charge < -0.3 is 9.64 Å². The molecule has 1 rings (SSSR count). The van der Waals surface area contributed by atoms with Crippen molar-refractivity contribution in [3.63, 3.8) is 0 Å². The standard InChI is InChI=1S/C18H26ClNO3/c1-14(2)13-20(12-11-18(22)23-3)17(21)6-4-5-15-7-9-16(19)10-8-15/h7-10,14H,4-6,11-13H2,1-3H3. The van der Waals surface area contributed by atoms with Gasteiger partial charge in [0, 0.05) is 24.5 Å². The van der Waals surface area contributed by atoms with E-state index in [0.717, 1.165) is 17.9 Å². The summed E-state index contributed by atoms with van der Waals surface area (Å²) in [7, 11) is 1.36. The Bertz CT molecular complexity index is 499. The summed E-state index contributed by atoms with van der Waals surface area (Å²) in [6, 6.07) is 7.69. The molecule has 128 valence electrons. The van der Waals surface area contributed by atoms with E-state index in [1.165, 1.54) is 12.7 Å². The maximum atomic E-state index is 12.4. The molecule has 0 spiro atoms. The minimum Gasteiger partial charge on any atom is -0.469 e. The Labute approximate surface area is 143 Å². The predicted molar refractivity (Wildman–Crippen MR) is 92.4 cm³/mol. The summed E-state index contributed by atoms with van der Waals surface area (Å²) >= 11 is 5.86. The van der Waals surface area contributed by atoms with Crippen molar-refractivity contribution in [3.8, 4) is 0 Å². The molecule has 5 heteroatoms. The van der Waals surface area contributed by atoms with E-state index in [1.54, 1.807) is 4.90 Å². The van der Waals surface area contributed by atoms with Crippen LogP contribution in [0.25, 0.3) is 0 Å². The van der Waals surface area contributed by atoms with Gasteiger partial charge in [-0.25, -0.2) is 0 Å². The lowest BCUT2D eigenvalue weighted by atomic mass is 10.1. The van der Waals surface area contributed by atoms with Crippen molar-refractivity contribution in [2.45, 2.75) is 39.5 Å². The average molecular weight is 340 g/mol. The first-order chi connectivity index (χ1) is 10.9. The lowest BCUT2D eigenvalue weighted by molar-refractivity contribution is -0.141. The third kappa shape index (κ3) is 8.03. The Morgan fingerprint density at radius 2 is 1.83 bits per heavy atom. The summed E-state index contributed by atoms with van der Waals surface area (Å²) < 4.78 is 4.65. The molecule has 0 bridgehead atoms. The van der Waals surface area contributed by atoms with Crippen LogP contribution < -0.4 is 0 Å². The number of aryl methyl sites for hydroxylation is 1. The average Bonchev–Trinajstić information content (AvgIpc) is 2.52. The van der Waals surface area contributed by atoms with Crippen molar-refractivity contribution in [2.24, 2.45) is 5.92 Å². The first kappa shape index (κ1) is 19.5. The highest BCUT2D eigenvalue weighted by Gasteiger charge is 2.16. The maximum absolute atomic E-state index is 12.4. The molecule has 0 saturated carbocycles. The van der Waals surface area contributed by atoms with Gasteiger partial charge in [-0.15, -0.1) is 0 Å². The van der Waals surface area contributed by atoms with Gasteiger partial charge in [-0.1, -0.05) is 37.6 Å². The number of nitrogens with zero attached hydrogens (tertiary/aromatic N) is 1. The molecule has 0 unspecified atom stereocenters. The van der Waals surface area contributed by atoms with Gasteiger partial charge in [0.25, 0.3) is 0 Å². The topological polar surface area (TPSA) is 46.6 Å². The molecule has 0 radical (unpaired) electrons. The molecule has 0 aliphatic carbocycles. The largest absolute Gasteiger partial charge is 0.469 e. The number of benzene rings is 1. The van der Waals surface area contributed by atoms with Crippen LogP contribution in [0.15, 0.2) is 24.3 Å². The summed E-state index contributed by atoms with van der Waals surface area (Å²) in [6.07, 6.45) is 2.35. The molecule has 0 saturated heterocycles. The van der Waals surface area contributed by atoms with E-state index < -0.39 is 0 Å². The number of ether oxygens (including phenoxy) is 1. The normalized spacial score (nSPS) is 10.7. The molecule has 1 aromatic rings. The second-order valence-electron chi connectivity index (χ2n) is 6.04. The molecule has 0 atom stereocenters. The second-order valence-corrected chi connectivity index (χ2v) is 6.48. The molecule has 1 amide bonds. The molecule has 0 aliphatic heterocycles. The van der Waals surface area contributed by atoms with Crippen molar-refractivity contribution in [2.75, 3.05) is 20.2 Å². The van der Waals surface area contributed by atoms with Crippen LogP contribution in [0.4, 0.5) is 0 Å². The smallest absolute Gasteiger partial charge is 0.307 e. The van der Waals surface area contributed by atoms with Crippen LogP contribution in [0.3, 0.4) is 0 Å². The fourth-order valence-corrected chi connectivity index (χ4v) is 2.47. The van der Waals surface area contributed by atoms with E-state index in [0.29, 0.717) is 25.4 Å². The van der Waals surface area contributed by atoms with Gasteiger partial charge in [0.15, 0.2) is 0 Å². The molecule has 4 nitrogen and oxygen atoms in total. The molecule has 1 aromatic carbocycles. The van der Waals surface area contributed by atoms with E-state index in [2.05, 4.69) is 18.6 Å². The van der Waals surface area contributed by atoms with E-state index >= 15 is 0 Å². The summed E-state index contributed by atoms with van der Waals surface area (Å²) in [5, 5.41) is 0.718. The fraction of sp³-hybridized carbons (Fsp3) is 0.556. The maximum Gasteiger partial charge on any atom is 0.307 e. The molecule has 0 aliphatic rings. The molecule has 23 heavy (non-hydrogen) atoms. The van der Waals surface area contributed by atoms with Crippen LogP contribution >= 0.6 is 11.6 Å². The number of methoxy groups -OCH3 is 1. The molecular weight excluding hydrogens is 314 g/mol. The summed E-state index contributed by atoms with van der Waals surface area (Å²) in [6.45, 7) is 5.21. The number of hydrogen-bond donors (Lipinski definition) is 0. The minimum atomic E-state index is -0.285. The van der Waals surface area contributed by atoms with Gasteiger partial charge in [0.05, 0.1) is 13.5 Å². The fourth-order valence-electron chi connectivity index (χ4n) is 2.34. The zero-order valence-corrected chi connectivity index (χ0v) is 14.9. The van der Waals surface area contributed by atoms with Crippen LogP contribution in [0, 0.1) is 5.92 Å². The highest BCUT2D eigenvalue weighted by atomic mass is 35.5. The van der Waals surface area contributed by atoms with Crippen molar-refractivity contribution in [3.05, 3.63) is 34.9 Å². The zero-order valence-electron chi connectivity index (χ0n) is 14.2. The van der Waals surface area contributed by atoms with E-state index in [4.69, 9.17) is 11.6 Å². The SMILES string of the molecule is COC(=O)CCN(CC(C)C)C(=O)CCCc1ccc(Cl)cc1. The minimum absolute atomic E-state index is 0.0940. The van der Waals surface area contributed by atoms with Gasteiger partial charge in [-0.05, 0) is 36.5 Å². The summed E-state index contributed by atoms with van der Waals surface area (Å²) in [5.41, 5.74) is 1.17. The van der Waals surface area contributed by atoms with Crippen molar-refractivity contribution >= 4 is 23.5 Å². The monoisotopic (exact) mass is 339 g/mol. The number of halogens is 1. The lowest BCUT2D eigenvalue weighted by Crippen LogP contribution is -2.36. The Balaban J connectivity index is 2.45. The number of amides is 1. The Hall–Kier alpha value is -1.55. The van der Waals surface area contributed by atoms with Gasteiger partial charge >= 0.3 is 5.97 Å². The van der Waals surface area contributed by atoms with Gasteiger partial charge in [-0.3, -0.25) is 9.59 Å². The van der Waals surface area contributed by atoms with E-state index in [-0.39, 0.29) is 18.3 Å². The van der Waals surface area contributed by atoms with Crippen LogP contribution in [-0.2, 0) is 20.7 Å². The first-order valence-electron chi connectivity index (χ1n) is 8.01. The molecule has 0 fully saturated rings. The molecular formula is C18H26ClNO3. The van der Waals surface area contributed by atoms with Crippen LogP contribution in [0.2, 0.25) is 5.02 Å². The van der Waals surface area contributed by atoms with Crippen LogP contribution in [0.1, 0.15) is 38.7 Å². The number of hydrogen-bond acceptors (Lipinski definition) is 3. The molecule has 0 aromatic heterocycles. The third-order valence-electron chi connectivity index (χ3n) is 3.52. The summed E-state index contributed by atoms with van der Waals surface area (Å²) in [4.78, 5) is 25.4. The number of carbonyl (C=O) groups excluding carboxylic acids is 2. The van der Waals surface area contributed by atoms with Gasteiger partial charge in [0.1, 0.15) is 0 Å². The van der Waals surface area contributed by atoms with Crippen molar-refractivity contribution < 1.29 is 14.3 Å². The summed E-state index contributed by atoms with van der Waals surface area (Å²) in [5.74, 6) is 0.178. The second kappa shape index (κ2) is 10.3.